The molecule has 4 rings (SSSR count). The van der Waals surface area contributed by atoms with Gasteiger partial charge in [0.05, 0.1) is 22.0 Å². The van der Waals surface area contributed by atoms with Crippen molar-refractivity contribution in [2.75, 3.05) is 5.01 Å². The van der Waals surface area contributed by atoms with E-state index in [1.165, 1.54) is 36.4 Å². The van der Waals surface area contributed by atoms with E-state index in [1.54, 1.807) is 0 Å². The lowest BCUT2D eigenvalue weighted by Gasteiger charge is -2.11. The summed E-state index contributed by atoms with van der Waals surface area (Å²) < 4.78 is 23.5. The van der Waals surface area contributed by atoms with Gasteiger partial charge in [0, 0.05) is 12.1 Å². The largest absolute Gasteiger partial charge is 0.296 e. The first-order valence-electron chi connectivity index (χ1n) is 8.83. The molecule has 0 atom stereocenters. The SMILES string of the molecule is NS(=O)(=O)c1cc2ccc3c(c2cc1[N+](=O)[O-])CC(=O)N3N=Nc1ccccc1[N+](=O)[O-]. The fraction of sp³-hybridized carbons (Fsp3) is 0.0556. The van der Waals surface area contributed by atoms with E-state index < -0.39 is 36.4 Å². The maximum atomic E-state index is 12.5. The average molecular weight is 456 g/mol. The summed E-state index contributed by atoms with van der Waals surface area (Å²) in [5.41, 5.74) is -0.442. The van der Waals surface area contributed by atoms with Crippen molar-refractivity contribution in [2.45, 2.75) is 11.3 Å². The van der Waals surface area contributed by atoms with Gasteiger partial charge in [-0.05, 0) is 34.5 Å². The number of fused-ring (bicyclic) bond motifs is 3. The Balaban J connectivity index is 1.84. The Morgan fingerprint density at radius 2 is 1.69 bits per heavy atom. The lowest BCUT2D eigenvalue weighted by atomic mass is 10.0. The monoisotopic (exact) mass is 456 g/mol. The number of benzene rings is 3. The van der Waals surface area contributed by atoms with Gasteiger partial charge in [0.2, 0.25) is 10.0 Å². The first-order chi connectivity index (χ1) is 15.1. The molecule has 13 nitrogen and oxygen atoms in total. The van der Waals surface area contributed by atoms with Crippen LogP contribution in [0.1, 0.15) is 5.56 Å². The summed E-state index contributed by atoms with van der Waals surface area (Å²) in [6, 6.07) is 10.6. The maximum Gasteiger partial charge on any atom is 0.296 e. The van der Waals surface area contributed by atoms with Crippen LogP contribution >= 0.6 is 0 Å². The van der Waals surface area contributed by atoms with Crippen LogP contribution in [0.2, 0.25) is 0 Å². The van der Waals surface area contributed by atoms with Crippen molar-refractivity contribution in [3.63, 3.8) is 0 Å². The van der Waals surface area contributed by atoms with Crippen molar-refractivity contribution in [1.29, 1.82) is 0 Å². The average Bonchev–Trinajstić information content (AvgIpc) is 3.06. The molecule has 3 aromatic carbocycles. The number of anilines is 1. The van der Waals surface area contributed by atoms with Crippen LogP contribution in [0.15, 0.2) is 63.8 Å². The number of amides is 1. The zero-order valence-corrected chi connectivity index (χ0v) is 16.7. The summed E-state index contributed by atoms with van der Waals surface area (Å²) in [6.07, 6.45) is -0.186. The molecule has 1 aliphatic rings. The number of carbonyl (C=O) groups excluding carboxylic acids is 1. The second-order valence-corrected chi connectivity index (χ2v) is 8.25. The Bertz CT molecular complexity index is 1470. The van der Waals surface area contributed by atoms with Gasteiger partial charge in [-0.2, -0.15) is 5.01 Å². The second kappa shape index (κ2) is 7.44. The van der Waals surface area contributed by atoms with Crippen molar-refractivity contribution in [3.8, 4) is 0 Å². The van der Waals surface area contributed by atoms with Gasteiger partial charge in [-0.25, -0.2) is 13.6 Å². The predicted molar refractivity (Wildman–Crippen MR) is 111 cm³/mol. The lowest BCUT2D eigenvalue weighted by Crippen LogP contribution is -2.19. The highest BCUT2D eigenvalue weighted by atomic mass is 32.2. The van der Waals surface area contributed by atoms with E-state index in [-0.39, 0.29) is 28.9 Å². The number of hydrogen-bond donors (Lipinski definition) is 1. The molecule has 0 saturated heterocycles. The summed E-state index contributed by atoms with van der Waals surface area (Å²) in [7, 11) is -4.36. The first kappa shape index (κ1) is 21.0. The second-order valence-electron chi connectivity index (χ2n) is 6.72. The lowest BCUT2D eigenvalue weighted by molar-refractivity contribution is -0.387. The molecule has 3 aromatic rings. The van der Waals surface area contributed by atoms with E-state index in [9.17, 15) is 33.4 Å². The zero-order chi connectivity index (χ0) is 23.2. The molecule has 0 unspecified atom stereocenters. The van der Waals surface area contributed by atoms with Crippen LogP contribution in [0, 0.1) is 20.2 Å². The van der Waals surface area contributed by atoms with Gasteiger partial charge < -0.3 is 0 Å². The first-order valence-corrected chi connectivity index (χ1v) is 10.4. The molecule has 0 saturated carbocycles. The third-order valence-corrected chi connectivity index (χ3v) is 5.74. The third kappa shape index (κ3) is 3.52. The summed E-state index contributed by atoms with van der Waals surface area (Å²) in [5.74, 6) is -0.520. The normalized spacial score (nSPS) is 13.7. The van der Waals surface area contributed by atoms with Crippen LogP contribution in [0.4, 0.5) is 22.7 Å². The van der Waals surface area contributed by atoms with E-state index in [0.29, 0.717) is 10.9 Å². The van der Waals surface area contributed by atoms with Crippen molar-refractivity contribution in [1.82, 2.24) is 0 Å². The quantitative estimate of drug-likeness (QED) is 0.346. The number of para-hydroxylation sites is 1. The van der Waals surface area contributed by atoms with Gasteiger partial charge in [0.25, 0.3) is 17.3 Å². The Kier molecular flexibility index (Phi) is 4.87. The van der Waals surface area contributed by atoms with Crippen molar-refractivity contribution >= 4 is 49.5 Å². The van der Waals surface area contributed by atoms with E-state index in [2.05, 4.69) is 10.3 Å². The predicted octanol–water partition coefficient (Wildman–Crippen LogP) is 2.89. The summed E-state index contributed by atoms with van der Waals surface area (Å²) in [4.78, 5) is 32.9. The zero-order valence-electron chi connectivity index (χ0n) is 15.9. The van der Waals surface area contributed by atoms with Gasteiger partial charge >= 0.3 is 0 Å². The highest BCUT2D eigenvalue weighted by Gasteiger charge is 2.32. The van der Waals surface area contributed by atoms with E-state index >= 15 is 0 Å². The number of nitro groups is 2. The Morgan fingerprint density at radius 3 is 2.34 bits per heavy atom. The topological polar surface area (TPSA) is 191 Å². The molecule has 0 radical (unpaired) electrons. The number of nitrogens with zero attached hydrogens (tertiary/aromatic N) is 5. The van der Waals surface area contributed by atoms with Gasteiger partial charge in [0.1, 0.15) is 0 Å². The van der Waals surface area contributed by atoms with Crippen molar-refractivity contribution in [3.05, 3.63) is 74.3 Å². The standard InChI is InChI=1S/C18H12N6O7S/c19-32(30,31)17-7-10-5-6-14-12(11(10)8-16(17)24(28)29)9-18(25)22(14)21-20-13-3-1-2-4-15(13)23(26)27/h1-8H,9H2,(H2,19,30,31). The minimum atomic E-state index is -4.36. The molecule has 2 N–H and O–H groups in total. The van der Waals surface area contributed by atoms with E-state index in [0.717, 1.165) is 17.1 Å². The highest BCUT2D eigenvalue weighted by molar-refractivity contribution is 7.89. The molecule has 14 heteroatoms. The summed E-state index contributed by atoms with van der Waals surface area (Å²) in [6.45, 7) is 0. The number of carbonyl (C=O) groups is 1. The number of hydrogen-bond acceptors (Lipinski definition) is 9. The number of nitro benzene ring substituents is 2. The molecule has 0 bridgehead atoms. The molecule has 0 fully saturated rings. The molecular weight excluding hydrogens is 444 g/mol. The molecule has 162 valence electrons. The number of sulfonamides is 1. The number of rotatable bonds is 5. The fourth-order valence-electron chi connectivity index (χ4n) is 3.40. The number of nitrogens with two attached hydrogens (primary N) is 1. The van der Waals surface area contributed by atoms with Gasteiger partial charge in [-0.15, -0.1) is 5.11 Å². The maximum absolute atomic E-state index is 12.5. The van der Waals surface area contributed by atoms with E-state index in [4.69, 9.17) is 5.14 Å². The van der Waals surface area contributed by atoms with Crippen LogP contribution in [-0.4, -0.2) is 24.2 Å². The third-order valence-electron chi connectivity index (χ3n) is 4.80. The van der Waals surface area contributed by atoms with Gasteiger partial charge in [-0.3, -0.25) is 25.0 Å². The van der Waals surface area contributed by atoms with Crippen molar-refractivity contribution in [2.24, 2.45) is 15.5 Å². The summed E-state index contributed by atoms with van der Waals surface area (Å²) >= 11 is 0. The Labute approximate surface area is 179 Å². The number of primary sulfonamides is 1. The Hall–Kier alpha value is -4.30. The molecular formula is C18H12N6O7S. The molecule has 1 amide bonds. The molecule has 32 heavy (non-hydrogen) atoms. The smallest absolute Gasteiger partial charge is 0.272 e. The van der Waals surface area contributed by atoms with Gasteiger partial charge in [0.15, 0.2) is 10.6 Å². The summed E-state index contributed by atoms with van der Waals surface area (Å²) in [5, 5.41) is 36.8. The van der Waals surface area contributed by atoms with Gasteiger partial charge in [-0.1, -0.05) is 23.4 Å². The van der Waals surface area contributed by atoms with Crippen LogP contribution < -0.4 is 10.1 Å². The minimum absolute atomic E-state index is 0.0621. The van der Waals surface area contributed by atoms with Crippen LogP contribution in [0.25, 0.3) is 10.8 Å². The van der Waals surface area contributed by atoms with E-state index in [1.807, 2.05) is 0 Å². The highest BCUT2D eigenvalue weighted by Crippen LogP contribution is 2.39. The minimum Gasteiger partial charge on any atom is -0.272 e. The van der Waals surface area contributed by atoms with Crippen LogP contribution in [0.3, 0.4) is 0 Å². The van der Waals surface area contributed by atoms with Crippen molar-refractivity contribution < 1.29 is 23.1 Å². The van der Waals surface area contributed by atoms with Crippen LogP contribution in [0.5, 0.6) is 0 Å². The van der Waals surface area contributed by atoms with Crippen LogP contribution in [-0.2, 0) is 21.2 Å². The molecule has 0 aromatic heterocycles. The molecule has 1 aliphatic heterocycles. The molecule has 1 heterocycles. The Morgan fingerprint density at radius 1 is 1.00 bits per heavy atom. The molecule has 0 aliphatic carbocycles. The fourth-order valence-corrected chi connectivity index (χ4v) is 4.12. The molecule has 0 spiro atoms.